The maximum atomic E-state index is 13.3. The van der Waals surface area contributed by atoms with Gasteiger partial charge in [-0.3, -0.25) is 10.2 Å². The highest BCUT2D eigenvalue weighted by atomic mass is 32.2. The molecule has 0 bridgehead atoms. The van der Waals surface area contributed by atoms with Crippen LogP contribution in [0, 0.1) is 12.3 Å². The SMILES string of the molecule is Cc1c(C2CCN(S(=O)(=O)N(C)C)CC2)nn(C(=O)c2cccs2)c1OCc1ccc(C(=N)N)cc1. The van der Waals surface area contributed by atoms with Crippen LogP contribution in [-0.2, 0) is 16.8 Å². The van der Waals surface area contributed by atoms with Gasteiger partial charge in [0.2, 0.25) is 5.88 Å². The third-order valence-corrected chi connectivity index (χ3v) is 9.10. The molecule has 2 aromatic heterocycles. The molecule has 0 radical (unpaired) electrons. The Morgan fingerprint density at radius 2 is 1.89 bits per heavy atom. The lowest BCUT2D eigenvalue weighted by atomic mass is 9.92. The summed E-state index contributed by atoms with van der Waals surface area (Å²) in [6.45, 7) is 2.86. The van der Waals surface area contributed by atoms with E-state index in [4.69, 9.17) is 15.9 Å². The van der Waals surface area contributed by atoms with Gasteiger partial charge in [0.15, 0.2) is 0 Å². The number of benzene rings is 1. The Labute approximate surface area is 215 Å². The molecule has 3 aromatic rings. The zero-order valence-electron chi connectivity index (χ0n) is 20.5. The van der Waals surface area contributed by atoms with Crippen LogP contribution < -0.4 is 10.5 Å². The van der Waals surface area contributed by atoms with E-state index in [2.05, 4.69) is 5.10 Å². The first-order valence-corrected chi connectivity index (χ1v) is 13.8. The van der Waals surface area contributed by atoms with Crippen LogP contribution in [0.4, 0.5) is 0 Å². The molecule has 4 rings (SSSR count). The molecule has 3 N–H and O–H groups in total. The molecular weight excluding hydrogens is 500 g/mol. The molecule has 1 aliphatic rings. The lowest BCUT2D eigenvalue weighted by molar-refractivity contribution is 0.0931. The van der Waals surface area contributed by atoms with Gasteiger partial charge in [0, 0.05) is 44.2 Å². The molecule has 0 unspecified atom stereocenters. The van der Waals surface area contributed by atoms with E-state index < -0.39 is 10.2 Å². The molecule has 1 aromatic carbocycles. The standard InChI is InChI=1S/C24H30N6O4S2/c1-16-21(18-10-12-29(13-11-18)36(32,33)28(2)3)27-30(23(31)20-5-4-14-35-20)24(16)34-15-17-6-8-19(9-7-17)22(25)26/h4-9,14,18H,10-13,15H2,1-3H3,(H3,25,26). The number of nitrogens with two attached hydrogens (primary N) is 1. The first-order valence-electron chi connectivity index (χ1n) is 11.5. The van der Waals surface area contributed by atoms with Crippen molar-refractivity contribution in [3.63, 3.8) is 0 Å². The molecule has 1 aliphatic heterocycles. The van der Waals surface area contributed by atoms with Crippen molar-refractivity contribution < 1.29 is 17.9 Å². The average molecular weight is 531 g/mol. The van der Waals surface area contributed by atoms with E-state index >= 15 is 0 Å². The molecule has 0 spiro atoms. The molecule has 0 aliphatic carbocycles. The molecule has 10 nitrogen and oxygen atoms in total. The number of amidine groups is 1. The number of hydrogen-bond donors (Lipinski definition) is 2. The predicted molar refractivity (Wildman–Crippen MR) is 139 cm³/mol. The minimum Gasteiger partial charge on any atom is -0.472 e. The first kappa shape index (κ1) is 26.0. The van der Waals surface area contributed by atoms with Crippen LogP contribution in [-0.4, -0.2) is 65.7 Å². The van der Waals surface area contributed by atoms with E-state index in [0.717, 1.165) is 16.8 Å². The zero-order chi connectivity index (χ0) is 26.0. The number of hydrogen-bond acceptors (Lipinski definition) is 7. The Morgan fingerprint density at radius 1 is 1.22 bits per heavy atom. The van der Waals surface area contributed by atoms with Gasteiger partial charge < -0.3 is 10.5 Å². The van der Waals surface area contributed by atoms with Crippen LogP contribution in [0.3, 0.4) is 0 Å². The summed E-state index contributed by atoms with van der Waals surface area (Å²) in [6, 6.07) is 10.7. The predicted octanol–water partition coefficient (Wildman–Crippen LogP) is 2.79. The highest BCUT2D eigenvalue weighted by Gasteiger charge is 2.33. The fourth-order valence-corrected chi connectivity index (χ4v) is 6.00. The van der Waals surface area contributed by atoms with Crippen LogP contribution in [0.1, 0.15) is 50.8 Å². The van der Waals surface area contributed by atoms with Crippen LogP contribution in [0.25, 0.3) is 0 Å². The molecule has 36 heavy (non-hydrogen) atoms. The summed E-state index contributed by atoms with van der Waals surface area (Å²) in [7, 11) is -0.410. The number of aromatic nitrogens is 2. The second kappa shape index (κ2) is 10.5. The van der Waals surface area contributed by atoms with Crippen molar-refractivity contribution in [3.05, 3.63) is 69.0 Å². The number of carbonyl (C=O) groups excluding carboxylic acids is 1. The van der Waals surface area contributed by atoms with E-state index in [1.165, 1.54) is 38.7 Å². The first-order chi connectivity index (χ1) is 17.1. The van der Waals surface area contributed by atoms with Gasteiger partial charge in [-0.2, -0.15) is 26.8 Å². The smallest absolute Gasteiger partial charge is 0.291 e. The molecule has 1 fully saturated rings. The molecule has 1 saturated heterocycles. The fraction of sp³-hybridized carbons (Fsp3) is 0.375. The number of ether oxygens (including phenoxy) is 1. The lowest BCUT2D eigenvalue weighted by Crippen LogP contribution is -2.44. The zero-order valence-corrected chi connectivity index (χ0v) is 22.1. The van der Waals surface area contributed by atoms with Crippen LogP contribution in [0.15, 0.2) is 41.8 Å². The van der Waals surface area contributed by atoms with E-state index in [-0.39, 0.29) is 24.3 Å². The average Bonchev–Trinajstić information content (AvgIpc) is 3.51. The number of rotatable bonds is 8. The Balaban J connectivity index is 1.59. The topological polar surface area (TPSA) is 135 Å². The van der Waals surface area contributed by atoms with Crippen LogP contribution in [0.2, 0.25) is 0 Å². The minimum atomic E-state index is -3.47. The van der Waals surface area contributed by atoms with Crippen molar-refractivity contribution in [1.82, 2.24) is 18.4 Å². The quantitative estimate of drug-likeness (QED) is 0.340. The lowest BCUT2D eigenvalue weighted by Gasteiger charge is -2.32. The molecule has 0 saturated carbocycles. The van der Waals surface area contributed by atoms with Gasteiger partial charge in [0.05, 0.1) is 10.6 Å². The van der Waals surface area contributed by atoms with Gasteiger partial charge in [0.1, 0.15) is 12.4 Å². The number of carbonyl (C=O) groups is 1. The summed E-state index contributed by atoms with van der Waals surface area (Å²) >= 11 is 1.33. The van der Waals surface area contributed by atoms with E-state index in [0.29, 0.717) is 42.3 Å². The second-order valence-electron chi connectivity index (χ2n) is 8.87. The number of thiophene rings is 1. The summed E-state index contributed by atoms with van der Waals surface area (Å²) in [5, 5.41) is 14.1. The number of nitrogens with zero attached hydrogens (tertiary/aromatic N) is 4. The van der Waals surface area contributed by atoms with Crippen molar-refractivity contribution in [1.29, 1.82) is 5.41 Å². The molecule has 0 atom stereocenters. The maximum absolute atomic E-state index is 13.3. The van der Waals surface area contributed by atoms with Crippen molar-refractivity contribution in [2.24, 2.45) is 5.73 Å². The summed E-state index contributed by atoms with van der Waals surface area (Å²) in [5.74, 6) is 0.108. The summed E-state index contributed by atoms with van der Waals surface area (Å²) in [6.07, 6.45) is 1.20. The number of piperidine rings is 1. The van der Waals surface area contributed by atoms with E-state index in [1.807, 2.05) is 30.5 Å². The monoisotopic (exact) mass is 530 g/mol. The van der Waals surface area contributed by atoms with Crippen molar-refractivity contribution >= 4 is 33.3 Å². The van der Waals surface area contributed by atoms with Gasteiger partial charge in [0.25, 0.3) is 16.1 Å². The van der Waals surface area contributed by atoms with Crippen LogP contribution >= 0.6 is 11.3 Å². The van der Waals surface area contributed by atoms with Gasteiger partial charge in [-0.15, -0.1) is 11.3 Å². The molecule has 192 valence electrons. The van der Waals surface area contributed by atoms with Gasteiger partial charge in [-0.1, -0.05) is 30.3 Å². The summed E-state index contributed by atoms with van der Waals surface area (Å²) < 4.78 is 35.2. The third-order valence-electron chi connectivity index (χ3n) is 6.30. The number of nitrogens with one attached hydrogen (secondary N) is 1. The third kappa shape index (κ3) is 5.21. The molecule has 0 amide bonds. The van der Waals surface area contributed by atoms with Gasteiger partial charge in [-0.25, -0.2) is 0 Å². The maximum Gasteiger partial charge on any atom is 0.291 e. The van der Waals surface area contributed by atoms with Crippen molar-refractivity contribution in [3.8, 4) is 5.88 Å². The van der Waals surface area contributed by atoms with Gasteiger partial charge >= 0.3 is 0 Å². The van der Waals surface area contributed by atoms with Gasteiger partial charge in [-0.05, 0) is 36.8 Å². The Bertz CT molecular complexity index is 1340. The largest absolute Gasteiger partial charge is 0.472 e. The van der Waals surface area contributed by atoms with Crippen molar-refractivity contribution in [2.45, 2.75) is 32.3 Å². The molecular formula is C24H30N6O4S2. The summed E-state index contributed by atoms with van der Waals surface area (Å²) in [5.41, 5.74) is 8.54. The Morgan fingerprint density at radius 3 is 2.44 bits per heavy atom. The number of nitrogen functional groups attached to an aromatic ring is 1. The second-order valence-corrected chi connectivity index (χ2v) is 12.0. The molecule has 3 heterocycles. The Hall–Kier alpha value is -3.06. The minimum absolute atomic E-state index is 0.00740. The highest BCUT2D eigenvalue weighted by Crippen LogP contribution is 2.35. The van der Waals surface area contributed by atoms with Crippen molar-refractivity contribution in [2.75, 3.05) is 27.2 Å². The summed E-state index contributed by atoms with van der Waals surface area (Å²) in [4.78, 5) is 13.8. The Kier molecular flexibility index (Phi) is 7.59. The fourth-order valence-electron chi connectivity index (χ4n) is 4.22. The normalized spacial score (nSPS) is 15.3. The van der Waals surface area contributed by atoms with Crippen LogP contribution in [0.5, 0.6) is 5.88 Å². The molecule has 12 heteroatoms. The highest BCUT2D eigenvalue weighted by molar-refractivity contribution is 7.86. The van der Waals surface area contributed by atoms with E-state index in [1.54, 1.807) is 18.2 Å². The van der Waals surface area contributed by atoms with E-state index in [9.17, 15) is 13.2 Å².